The Morgan fingerprint density at radius 1 is 1.16 bits per heavy atom. The minimum absolute atomic E-state index is 0. The van der Waals surface area contributed by atoms with Crippen molar-refractivity contribution < 1.29 is 4.74 Å². The highest BCUT2D eigenvalue weighted by Gasteiger charge is 2.12. The van der Waals surface area contributed by atoms with Crippen LogP contribution in [0.4, 0.5) is 0 Å². The normalized spacial score (nSPS) is 16.8. The quantitative estimate of drug-likeness (QED) is 0.308. The summed E-state index contributed by atoms with van der Waals surface area (Å²) in [6, 6.07) is 0. The van der Waals surface area contributed by atoms with E-state index in [2.05, 4.69) is 15.6 Å². The van der Waals surface area contributed by atoms with Crippen molar-refractivity contribution in [3.05, 3.63) is 0 Å². The highest BCUT2D eigenvalue weighted by Crippen LogP contribution is 2.25. The van der Waals surface area contributed by atoms with Crippen molar-refractivity contribution >= 4 is 29.9 Å². The van der Waals surface area contributed by atoms with Crippen molar-refractivity contribution in [2.45, 2.75) is 44.9 Å². The summed E-state index contributed by atoms with van der Waals surface area (Å²) in [5.74, 6) is 1.85. The van der Waals surface area contributed by atoms with Crippen LogP contribution in [0.5, 0.6) is 0 Å². The van der Waals surface area contributed by atoms with E-state index in [1.54, 1.807) is 7.11 Å². The van der Waals surface area contributed by atoms with Crippen LogP contribution < -0.4 is 10.6 Å². The molecule has 0 spiro atoms. The first-order chi connectivity index (χ1) is 8.86. The summed E-state index contributed by atoms with van der Waals surface area (Å²) in [4.78, 5) is 4.22. The lowest BCUT2D eigenvalue weighted by atomic mass is 9.87. The van der Waals surface area contributed by atoms with Gasteiger partial charge in [-0.15, -0.1) is 24.0 Å². The lowest BCUT2D eigenvalue weighted by Gasteiger charge is -2.22. The Bertz CT molecular complexity index is 231. The third-order valence-corrected chi connectivity index (χ3v) is 3.61. The molecule has 1 saturated carbocycles. The number of aliphatic imine (C=N–C) groups is 1. The Labute approximate surface area is 135 Å². The second kappa shape index (κ2) is 13.0. The molecule has 0 aromatic rings. The van der Waals surface area contributed by atoms with Crippen LogP contribution in [0.2, 0.25) is 0 Å². The maximum atomic E-state index is 5.02. The molecule has 0 unspecified atom stereocenters. The molecular weight excluding hydrogens is 353 g/mol. The maximum absolute atomic E-state index is 5.02. The summed E-state index contributed by atoms with van der Waals surface area (Å²) in [5.41, 5.74) is 0. The summed E-state index contributed by atoms with van der Waals surface area (Å²) in [7, 11) is 3.56. The number of nitrogens with one attached hydrogen (secondary N) is 2. The van der Waals surface area contributed by atoms with E-state index in [0.717, 1.165) is 38.0 Å². The number of methoxy groups -OCH3 is 1. The van der Waals surface area contributed by atoms with E-state index in [-0.39, 0.29) is 24.0 Å². The van der Waals surface area contributed by atoms with Gasteiger partial charge in [-0.2, -0.15) is 0 Å². The molecule has 1 aliphatic carbocycles. The van der Waals surface area contributed by atoms with Gasteiger partial charge in [-0.25, -0.2) is 0 Å². The number of hydrogen-bond acceptors (Lipinski definition) is 2. The van der Waals surface area contributed by atoms with E-state index >= 15 is 0 Å². The molecular formula is C14H30IN3O. The molecule has 4 nitrogen and oxygen atoms in total. The fraction of sp³-hybridized carbons (Fsp3) is 0.929. The van der Waals surface area contributed by atoms with E-state index in [1.165, 1.54) is 38.5 Å². The first-order valence-electron chi connectivity index (χ1n) is 7.30. The van der Waals surface area contributed by atoms with Gasteiger partial charge in [0.25, 0.3) is 0 Å². The van der Waals surface area contributed by atoms with Gasteiger partial charge >= 0.3 is 0 Å². The fourth-order valence-electron chi connectivity index (χ4n) is 2.51. The summed E-state index contributed by atoms with van der Waals surface area (Å²) in [5, 5.41) is 6.69. The Morgan fingerprint density at radius 3 is 2.47 bits per heavy atom. The molecule has 0 amide bonds. The van der Waals surface area contributed by atoms with Crippen LogP contribution >= 0.6 is 24.0 Å². The Kier molecular flexibility index (Phi) is 12.9. The predicted molar refractivity (Wildman–Crippen MR) is 92.5 cm³/mol. The second-order valence-electron chi connectivity index (χ2n) is 5.06. The van der Waals surface area contributed by atoms with Gasteiger partial charge in [0.15, 0.2) is 5.96 Å². The third-order valence-electron chi connectivity index (χ3n) is 3.61. The zero-order valence-electron chi connectivity index (χ0n) is 12.4. The Hall–Kier alpha value is -0.0400. The molecule has 0 bridgehead atoms. The summed E-state index contributed by atoms with van der Waals surface area (Å²) in [6.07, 6.45) is 9.41. The van der Waals surface area contributed by atoms with Crippen LogP contribution in [-0.2, 0) is 4.74 Å². The van der Waals surface area contributed by atoms with Gasteiger partial charge < -0.3 is 15.4 Å². The van der Waals surface area contributed by atoms with Crippen molar-refractivity contribution in [1.29, 1.82) is 0 Å². The molecule has 0 heterocycles. The van der Waals surface area contributed by atoms with Gasteiger partial charge in [0, 0.05) is 33.9 Å². The first kappa shape index (κ1) is 19.0. The smallest absolute Gasteiger partial charge is 0.190 e. The number of nitrogens with zero attached hydrogens (tertiary/aromatic N) is 1. The topological polar surface area (TPSA) is 45.7 Å². The molecule has 5 heteroatoms. The SMILES string of the molecule is CN=C(NCCCOC)NCCC1CCCCC1.I. The summed E-state index contributed by atoms with van der Waals surface area (Å²) >= 11 is 0. The average molecular weight is 383 g/mol. The van der Waals surface area contributed by atoms with E-state index in [4.69, 9.17) is 4.74 Å². The van der Waals surface area contributed by atoms with Gasteiger partial charge in [0.2, 0.25) is 0 Å². The van der Waals surface area contributed by atoms with Gasteiger partial charge in [-0.05, 0) is 18.8 Å². The van der Waals surface area contributed by atoms with E-state index < -0.39 is 0 Å². The van der Waals surface area contributed by atoms with Crippen LogP contribution in [-0.4, -0.2) is 39.8 Å². The molecule has 1 aliphatic rings. The van der Waals surface area contributed by atoms with E-state index in [1.807, 2.05) is 7.05 Å². The second-order valence-corrected chi connectivity index (χ2v) is 5.06. The van der Waals surface area contributed by atoms with Gasteiger partial charge in [0.05, 0.1) is 0 Å². The van der Waals surface area contributed by atoms with Gasteiger partial charge in [-0.3, -0.25) is 4.99 Å². The maximum Gasteiger partial charge on any atom is 0.190 e. The predicted octanol–water partition coefficient (Wildman–Crippen LogP) is 2.78. The lowest BCUT2D eigenvalue weighted by molar-refractivity contribution is 0.195. The van der Waals surface area contributed by atoms with Crippen LogP contribution in [0.25, 0.3) is 0 Å². The standard InChI is InChI=1S/C14H29N3O.HI/c1-15-14(16-10-6-12-18-2)17-11-9-13-7-4-3-5-8-13;/h13H,3-12H2,1-2H3,(H2,15,16,17);1H. The largest absolute Gasteiger partial charge is 0.385 e. The van der Waals surface area contributed by atoms with Gasteiger partial charge in [-0.1, -0.05) is 32.1 Å². The average Bonchev–Trinajstić information content (AvgIpc) is 2.42. The summed E-state index contributed by atoms with van der Waals surface area (Å²) in [6.45, 7) is 2.75. The zero-order chi connectivity index (χ0) is 13.1. The molecule has 0 aliphatic heterocycles. The molecule has 2 N–H and O–H groups in total. The monoisotopic (exact) mass is 383 g/mol. The van der Waals surface area contributed by atoms with Crippen molar-refractivity contribution in [2.24, 2.45) is 10.9 Å². The number of guanidine groups is 1. The van der Waals surface area contributed by atoms with E-state index in [0.29, 0.717) is 0 Å². The molecule has 0 radical (unpaired) electrons. The third kappa shape index (κ3) is 9.49. The van der Waals surface area contributed by atoms with Crippen LogP contribution in [0.15, 0.2) is 4.99 Å². The van der Waals surface area contributed by atoms with Crippen molar-refractivity contribution in [3.63, 3.8) is 0 Å². The Morgan fingerprint density at radius 2 is 1.84 bits per heavy atom. The molecule has 19 heavy (non-hydrogen) atoms. The fourth-order valence-corrected chi connectivity index (χ4v) is 2.51. The van der Waals surface area contributed by atoms with Gasteiger partial charge in [0.1, 0.15) is 0 Å². The molecule has 0 atom stereocenters. The highest BCUT2D eigenvalue weighted by atomic mass is 127. The molecule has 0 saturated heterocycles. The minimum atomic E-state index is 0. The van der Waals surface area contributed by atoms with E-state index in [9.17, 15) is 0 Å². The van der Waals surface area contributed by atoms with Crippen molar-refractivity contribution in [3.8, 4) is 0 Å². The molecule has 114 valence electrons. The van der Waals surface area contributed by atoms with Crippen molar-refractivity contribution in [1.82, 2.24) is 10.6 Å². The number of hydrogen-bond donors (Lipinski definition) is 2. The number of ether oxygens (including phenoxy) is 1. The molecule has 0 aromatic heterocycles. The number of rotatable bonds is 7. The Balaban J connectivity index is 0.00000324. The lowest BCUT2D eigenvalue weighted by Crippen LogP contribution is -2.39. The van der Waals surface area contributed by atoms with Crippen LogP contribution in [0.1, 0.15) is 44.9 Å². The first-order valence-corrected chi connectivity index (χ1v) is 7.30. The molecule has 0 aromatic carbocycles. The number of halogens is 1. The summed E-state index contributed by atoms with van der Waals surface area (Å²) < 4.78 is 5.02. The van der Waals surface area contributed by atoms with Crippen molar-refractivity contribution in [2.75, 3.05) is 33.9 Å². The zero-order valence-corrected chi connectivity index (χ0v) is 14.7. The van der Waals surface area contributed by atoms with Crippen LogP contribution in [0, 0.1) is 5.92 Å². The minimum Gasteiger partial charge on any atom is -0.385 e. The highest BCUT2D eigenvalue weighted by molar-refractivity contribution is 14.0. The van der Waals surface area contributed by atoms with Crippen LogP contribution in [0.3, 0.4) is 0 Å². The molecule has 1 fully saturated rings. The molecule has 1 rings (SSSR count).